The molecule has 1 heterocycles. The fourth-order valence-corrected chi connectivity index (χ4v) is 2.65. The minimum Gasteiger partial charge on any atom is -0.497 e. The highest BCUT2D eigenvalue weighted by atomic mass is 19.1. The Balaban J connectivity index is 2.18. The summed E-state index contributed by atoms with van der Waals surface area (Å²) in [6.45, 7) is 0. The third kappa shape index (κ3) is 2.78. The quantitative estimate of drug-likeness (QED) is 0.745. The summed E-state index contributed by atoms with van der Waals surface area (Å²) in [6, 6.07) is 10.4. The Morgan fingerprint density at radius 1 is 1.08 bits per heavy atom. The number of hydrogen-bond acceptors (Lipinski definition) is 4. The van der Waals surface area contributed by atoms with Gasteiger partial charge in [-0.25, -0.2) is 9.37 Å². The highest BCUT2D eigenvalue weighted by Crippen LogP contribution is 2.37. The van der Waals surface area contributed by atoms with E-state index in [0.717, 1.165) is 5.56 Å². The van der Waals surface area contributed by atoms with Gasteiger partial charge in [-0.1, -0.05) is 12.1 Å². The Bertz CT molecular complexity index is 839. The molecule has 2 N–H and O–H groups in total. The van der Waals surface area contributed by atoms with Crippen molar-refractivity contribution in [2.24, 2.45) is 0 Å². The van der Waals surface area contributed by atoms with Crippen molar-refractivity contribution >= 4 is 5.69 Å². The van der Waals surface area contributed by atoms with E-state index in [2.05, 4.69) is 15.3 Å². The Morgan fingerprint density at radius 3 is 2.42 bits per heavy atom. The molecular weight excluding hydrogens is 309 g/mol. The van der Waals surface area contributed by atoms with Crippen LogP contribution in [0.1, 0.15) is 0 Å². The third-order valence-corrected chi connectivity index (χ3v) is 3.80. The van der Waals surface area contributed by atoms with E-state index in [1.807, 2.05) is 18.2 Å². The monoisotopic (exact) mass is 327 g/mol. The van der Waals surface area contributed by atoms with Crippen LogP contribution < -0.4 is 14.8 Å². The lowest BCUT2D eigenvalue weighted by molar-refractivity contribution is 0.394. The Labute approximate surface area is 139 Å². The van der Waals surface area contributed by atoms with Crippen LogP contribution in [0.5, 0.6) is 11.5 Å². The largest absolute Gasteiger partial charge is 0.497 e. The van der Waals surface area contributed by atoms with E-state index in [1.165, 1.54) is 6.07 Å². The zero-order chi connectivity index (χ0) is 17.1. The number of hydrogen-bond donors (Lipinski definition) is 2. The molecule has 0 aliphatic rings. The van der Waals surface area contributed by atoms with E-state index < -0.39 is 0 Å². The molecule has 5 nitrogen and oxygen atoms in total. The number of imidazole rings is 1. The predicted octanol–water partition coefficient (Wildman–Crippen LogP) is 3.94. The predicted molar refractivity (Wildman–Crippen MR) is 92.1 cm³/mol. The van der Waals surface area contributed by atoms with Crippen molar-refractivity contribution in [1.29, 1.82) is 0 Å². The molecule has 0 atom stereocenters. The molecule has 0 spiro atoms. The average Bonchev–Trinajstić information content (AvgIpc) is 3.10. The number of methoxy groups -OCH3 is 2. The van der Waals surface area contributed by atoms with Crippen LogP contribution in [0, 0.1) is 5.82 Å². The average molecular weight is 327 g/mol. The summed E-state index contributed by atoms with van der Waals surface area (Å²) in [5, 5.41) is 2.90. The van der Waals surface area contributed by atoms with Gasteiger partial charge in [-0.2, -0.15) is 0 Å². The van der Waals surface area contributed by atoms with E-state index in [0.29, 0.717) is 34.1 Å². The molecule has 0 aliphatic carbocycles. The standard InChI is InChI=1S/C18H18FN3O2/c1-20-17-14(5-4-6-15(17)19)18-16(21-10-22-18)11-7-12(23-2)9-13(8-11)24-3/h4-10,20H,1-3H3,(H,21,22). The molecule has 0 aliphatic heterocycles. The first kappa shape index (κ1) is 15.9. The zero-order valence-corrected chi connectivity index (χ0v) is 13.7. The summed E-state index contributed by atoms with van der Waals surface area (Å²) in [6.07, 6.45) is 1.58. The van der Waals surface area contributed by atoms with Gasteiger partial charge in [0.25, 0.3) is 0 Å². The first-order valence-electron chi connectivity index (χ1n) is 7.41. The molecular formula is C18H18FN3O2. The van der Waals surface area contributed by atoms with Crippen LogP contribution >= 0.6 is 0 Å². The first-order chi connectivity index (χ1) is 11.7. The lowest BCUT2D eigenvalue weighted by atomic mass is 10.0. The maximum Gasteiger partial charge on any atom is 0.146 e. The van der Waals surface area contributed by atoms with E-state index in [4.69, 9.17) is 9.47 Å². The Morgan fingerprint density at radius 2 is 1.79 bits per heavy atom. The molecule has 0 fully saturated rings. The molecule has 3 rings (SSSR count). The van der Waals surface area contributed by atoms with Crippen LogP contribution in [-0.2, 0) is 0 Å². The molecule has 1 aromatic heterocycles. The molecule has 0 amide bonds. The molecule has 124 valence electrons. The van der Waals surface area contributed by atoms with Gasteiger partial charge in [0.05, 0.1) is 37.6 Å². The second-order valence-corrected chi connectivity index (χ2v) is 5.14. The topological polar surface area (TPSA) is 59.2 Å². The van der Waals surface area contributed by atoms with Crippen molar-refractivity contribution in [2.75, 3.05) is 26.6 Å². The molecule has 6 heteroatoms. The number of anilines is 1. The van der Waals surface area contributed by atoms with Crippen molar-refractivity contribution in [2.45, 2.75) is 0 Å². The van der Waals surface area contributed by atoms with Gasteiger partial charge in [0.2, 0.25) is 0 Å². The number of nitrogens with zero attached hydrogens (tertiary/aromatic N) is 1. The van der Waals surface area contributed by atoms with Gasteiger partial charge in [-0.05, 0) is 18.2 Å². The van der Waals surface area contributed by atoms with Crippen molar-refractivity contribution in [3.63, 3.8) is 0 Å². The van der Waals surface area contributed by atoms with Crippen molar-refractivity contribution in [3.8, 4) is 34.0 Å². The number of halogens is 1. The molecule has 0 saturated carbocycles. The minimum absolute atomic E-state index is 0.321. The summed E-state index contributed by atoms with van der Waals surface area (Å²) in [4.78, 5) is 7.50. The number of ether oxygens (including phenoxy) is 2. The summed E-state index contributed by atoms with van der Waals surface area (Å²) in [5.41, 5.74) is 3.34. The van der Waals surface area contributed by atoms with Gasteiger partial charge in [-0.15, -0.1) is 0 Å². The second-order valence-electron chi connectivity index (χ2n) is 5.14. The molecule has 0 unspecified atom stereocenters. The number of para-hydroxylation sites is 1. The maximum atomic E-state index is 14.1. The smallest absolute Gasteiger partial charge is 0.146 e. The molecule has 3 aromatic rings. The van der Waals surface area contributed by atoms with Gasteiger partial charge in [0, 0.05) is 24.2 Å². The fourth-order valence-electron chi connectivity index (χ4n) is 2.65. The molecule has 2 aromatic carbocycles. The SMILES string of the molecule is CNc1c(F)cccc1-c1[nH]cnc1-c1cc(OC)cc(OC)c1. The Hall–Kier alpha value is -3.02. The van der Waals surface area contributed by atoms with E-state index in [-0.39, 0.29) is 5.82 Å². The third-order valence-electron chi connectivity index (χ3n) is 3.80. The van der Waals surface area contributed by atoms with Gasteiger partial charge in [0.1, 0.15) is 17.3 Å². The van der Waals surface area contributed by atoms with Crippen LogP contribution in [0.3, 0.4) is 0 Å². The van der Waals surface area contributed by atoms with E-state index in [9.17, 15) is 4.39 Å². The highest BCUT2D eigenvalue weighted by Gasteiger charge is 2.17. The number of nitrogens with one attached hydrogen (secondary N) is 2. The van der Waals surface area contributed by atoms with Gasteiger partial charge in [-0.3, -0.25) is 0 Å². The Kier molecular flexibility index (Phi) is 4.37. The maximum absolute atomic E-state index is 14.1. The van der Waals surface area contributed by atoms with Gasteiger partial charge >= 0.3 is 0 Å². The van der Waals surface area contributed by atoms with Crippen molar-refractivity contribution < 1.29 is 13.9 Å². The van der Waals surface area contributed by atoms with E-state index in [1.54, 1.807) is 39.7 Å². The summed E-state index contributed by atoms with van der Waals surface area (Å²) in [7, 11) is 4.87. The minimum atomic E-state index is -0.321. The van der Waals surface area contributed by atoms with Crippen LogP contribution in [0.25, 0.3) is 22.5 Å². The first-order valence-corrected chi connectivity index (χ1v) is 7.41. The normalized spacial score (nSPS) is 10.5. The highest BCUT2D eigenvalue weighted by molar-refractivity contribution is 5.86. The van der Waals surface area contributed by atoms with Crippen LogP contribution in [0.15, 0.2) is 42.7 Å². The summed E-state index contributed by atoms with van der Waals surface area (Å²) < 4.78 is 24.7. The van der Waals surface area contributed by atoms with Crippen LogP contribution in [-0.4, -0.2) is 31.2 Å². The van der Waals surface area contributed by atoms with Crippen molar-refractivity contribution in [3.05, 3.63) is 48.5 Å². The fraction of sp³-hybridized carbons (Fsp3) is 0.167. The number of benzene rings is 2. The summed E-state index contributed by atoms with van der Waals surface area (Å²) >= 11 is 0. The van der Waals surface area contributed by atoms with Gasteiger partial charge in [0.15, 0.2) is 0 Å². The second kappa shape index (κ2) is 6.62. The van der Waals surface area contributed by atoms with Crippen molar-refractivity contribution in [1.82, 2.24) is 9.97 Å². The molecule has 0 saturated heterocycles. The lowest BCUT2D eigenvalue weighted by Crippen LogP contribution is -1.97. The number of aromatic nitrogens is 2. The summed E-state index contributed by atoms with van der Waals surface area (Å²) in [5.74, 6) is 0.997. The van der Waals surface area contributed by atoms with Crippen LogP contribution in [0.2, 0.25) is 0 Å². The van der Waals surface area contributed by atoms with Crippen LogP contribution in [0.4, 0.5) is 10.1 Å². The van der Waals surface area contributed by atoms with E-state index >= 15 is 0 Å². The zero-order valence-electron chi connectivity index (χ0n) is 13.7. The molecule has 0 bridgehead atoms. The number of H-pyrrole nitrogens is 1. The lowest BCUT2D eigenvalue weighted by Gasteiger charge is -2.12. The number of aromatic amines is 1. The van der Waals surface area contributed by atoms with Gasteiger partial charge < -0.3 is 19.8 Å². The molecule has 0 radical (unpaired) electrons. The number of rotatable bonds is 5. The molecule has 24 heavy (non-hydrogen) atoms.